The van der Waals surface area contributed by atoms with Crippen molar-refractivity contribution >= 4 is 28.7 Å². The SMILES string of the molecule is C=C(OC)c1c(NCc2ccc(C)nc2)cccc1NC(=O)c1cnc2cc(OCCOC)ccn12. The van der Waals surface area contributed by atoms with Gasteiger partial charge in [-0.25, -0.2) is 4.98 Å². The molecule has 0 atom stereocenters. The van der Waals surface area contributed by atoms with Gasteiger partial charge in [0, 0.05) is 43.5 Å². The summed E-state index contributed by atoms with van der Waals surface area (Å²) in [5.74, 6) is 0.755. The molecule has 0 aliphatic rings. The summed E-state index contributed by atoms with van der Waals surface area (Å²) in [4.78, 5) is 22.0. The number of aryl methyl sites for hydroxylation is 1. The fourth-order valence-corrected chi connectivity index (χ4v) is 3.66. The van der Waals surface area contributed by atoms with E-state index in [1.807, 2.05) is 37.4 Å². The summed E-state index contributed by atoms with van der Waals surface area (Å²) in [5.41, 5.74) is 4.96. The molecule has 9 heteroatoms. The lowest BCUT2D eigenvalue weighted by Crippen LogP contribution is -2.16. The Bertz CT molecular complexity index is 1360. The van der Waals surface area contributed by atoms with Crippen molar-refractivity contribution in [1.82, 2.24) is 14.4 Å². The van der Waals surface area contributed by atoms with Gasteiger partial charge in [-0.1, -0.05) is 18.7 Å². The van der Waals surface area contributed by atoms with Crippen molar-refractivity contribution in [3.05, 3.63) is 90.1 Å². The van der Waals surface area contributed by atoms with E-state index in [-0.39, 0.29) is 5.91 Å². The van der Waals surface area contributed by atoms with Gasteiger partial charge in [-0.3, -0.25) is 14.2 Å². The van der Waals surface area contributed by atoms with E-state index in [9.17, 15) is 4.79 Å². The Balaban J connectivity index is 1.56. The minimum absolute atomic E-state index is 0.319. The number of aromatic nitrogens is 3. The third-order valence-electron chi connectivity index (χ3n) is 5.57. The molecule has 2 N–H and O–H groups in total. The predicted octanol–water partition coefficient (Wildman–Crippen LogP) is 4.54. The minimum atomic E-state index is -0.319. The number of anilines is 2. The number of fused-ring (bicyclic) bond motifs is 1. The van der Waals surface area contributed by atoms with Crippen LogP contribution in [0, 0.1) is 6.92 Å². The monoisotopic (exact) mass is 487 g/mol. The number of hydrogen-bond donors (Lipinski definition) is 2. The molecule has 1 aromatic carbocycles. The summed E-state index contributed by atoms with van der Waals surface area (Å²) in [6.07, 6.45) is 5.11. The van der Waals surface area contributed by atoms with Crippen LogP contribution in [0.1, 0.15) is 27.3 Å². The maximum Gasteiger partial charge on any atom is 0.274 e. The van der Waals surface area contributed by atoms with Gasteiger partial charge in [0.15, 0.2) is 0 Å². The predicted molar refractivity (Wildman–Crippen MR) is 139 cm³/mol. The fraction of sp³-hybridized carbons (Fsp3) is 0.222. The topological polar surface area (TPSA) is 99.0 Å². The maximum absolute atomic E-state index is 13.3. The Morgan fingerprint density at radius 3 is 2.64 bits per heavy atom. The molecule has 0 unspecified atom stereocenters. The van der Waals surface area contributed by atoms with E-state index in [0.29, 0.717) is 53.9 Å². The lowest BCUT2D eigenvalue weighted by Gasteiger charge is -2.18. The number of benzene rings is 1. The van der Waals surface area contributed by atoms with Crippen LogP contribution in [0.25, 0.3) is 11.4 Å². The number of carbonyl (C=O) groups is 1. The third kappa shape index (κ3) is 5.64. The van der Waals surface area contributed by atoms with Gasteiger partial charge in [0.05, 0.1) is 31.2 Å². The third-order valence-corrected chi connectivity index (χ3v) is 5.57. The van der Waals surface area contributed by atoms with Crippen LogP contribution in [-0.4, -0.2) is 47.7 Å². The minimum Gasteiger partial charge on any atom is -0.497 e. The molecular weight excluding hydrogens is 458 g/mol. The number of rotatable bonds is 11. The van der Waals surface area contributed by atoms with Gasteiger partial charge in [0.1, 0.15) is 29.5 Å². The van der Waals surface area contributed by atoms with Crippen molar-refractivity contribution in [2.75, 3.05) is 38.1 Å². The lowest BCUT2D eigenvalue weighted by molar-refractivity contribution is 0.102. The highest BCUT2D eigenvalue weighted by Gasteiger charge is 2.18. The summed E-state index contributed by atoms with van der Waals surface area (Å²) < 4.78 is 17.8. The normalized spacial score (nSPS) is 10.8. The first-order valence-electron chi connectivity index (χ1n) is 11.4. The van der Waals surface area contributed by atoms with Crippen molar-refractivity contribution in [2.45, 2.75) is 13.5 Å². The molecule has 0 aliphatic carbocycles. The number of imidazole rings is 1. The van der Waals surface area contributed by atoms with E-state index in [1.54, 1.807) is 43.0 Å². The molecule has 4 aromatic rings. The molecule has 186 valence electrons. The maximum atomic E-state index is 13.3. The molecule has 0 bridgehead atoms. The Morgan fingerprint density at radius 1 is 1.06 bits per heavy atom. The van der Waals surface area contributed by atoms with Crippen LogP contribution in [0.15, 0.2) is 67.6 Å². The van der Waals surface area contributed by atoms with E-state index < -0.39 is 0 Å². The lowest BCUT2D eigenvalue weighted by atomic mass is 10.1. The van der Waals surface area contributed by atoms with E-state index >= 15 is 0 Å². The molecule has 0 saturated heterocycles. The summed E-state index contributed by atoms with van der Waals surface area (Å²) in [6, 6.07) is 13.1. The average molecular weight is 488 g/mol. The molecule has 9 nitrogen and oxygen atoms in total. The van der Waals surface area contributed by atoms with Crippen LogP contribution in [-0.2, 0) is 16.0 Å². The summed E-state index contributed by atoms with van der Waals surface area (Å²) in [7, 11) is 3.16. The second-order valence-electron chi connectivity index (χ2n) is 8.05. The van der Waals surface area contributed by atoms with Gasteiger partial charge >= 0.3 is 0 Å². The second kappa shape index (κ2) is 11.4. The first-order chi connectivity index (χ1) is 17.5. The van der Waals surface area contributed by atoms with Crippen molar-refractivity contribution in [3.8, 4) is 5.75 Å². The fourth-order valence-electron chi connectivity index (χ4n) is 3.66. The smallest absolute Gasteiger partial charge is 0.274 e. The van der Waals surface area contributed by atoms with Gasteiger partial charge in [0.2, 0.25) is 0 Å². The zero-order valence-corrected chi connectivity index (χ0v) is 20.6. The van der Waals surface area contributed by atoms with Crippen molar-refractivity contribution in [1.29, 1.82) is 0 Å². The molecule has 0 fully saturated rings. The van der Waals surface area contributed by atoms with Gasteiger partial charge in [-0.15, -0.1) is 0 Å². The van der Waals surface area contributed by atoms with Crippen molar-refractivity contribution in [3.63, 3.8) is 0 Å². The molecule has 0 aliphatic heterocycles. The quantitative estimate of drug-likeness (QED) is 0.237. The van der Waals surface area contributed by atoms with Crippen LogP contribution in [0.5, 0.6) is 5.75 Å². The van der Waals surface area contributed by atoms with Crippen LogP contribution in [0.3, 0.4) is 0 Å². The number of amides is 1. The molecule has 36 heavy (non-hydrogen) atoms. The van der Waals surface area contributed by atoms with Gasteiger partial charge < -0.3 is 24.8 Å². The molecule has 3 heterocycles. The van der Waals surface area contributed by atoms with Gasteiger partial charge in [-0.2, -0.15) is 0 Å². The largest absolute Gasteiger partial charge is 0.497 e. The van der Waals surface area contributed by atoms with E-state index in [2.05, 4.69) is 27.2 Å². The molecule has 3 aromatic heterocycles. The first-order valence-corrected chi connectivity index (χ1v) is 11.4. The molecule has 1 amide bonds. The number of pyridine rings is 2. The van der Waals surface area contributed by atoms with E-state index in [4.69, 9.17) is 14.2 Å². The number of methoxy groups -OCH3 is 2. The molecule has 0 saturated carbocycles. The summed E-state index contributed by atoms with van der Waals surface area (Å²) >= 11 is 0. The van der Waals surface area contributed by atoms with E-state index in [1.165, 1.54) is 6.20 Å². The Morgan fingerprint density at radius 2 is 1.89 bits per heavy atom. The second-order valence-corrected chi connectivity index (χ2v) is 8.05. The number of hydrogen-bond acceptors (Lipinski definition) is 7. The molecule has 0 spiro atoms. The Hall–Kier alpha value is -4.37. The van der Waals surface area contributed by atoms with E-state index in [0.717, 1.165) is 16.9 Å². The van der Waals surface area contributed by atoms with Crippen LogP contribution >= 0.6 is 0 Å². The highest BCUT2D eigenvalue weighted by Crippen LogP contribution is 2.32. The van der Waals surface area contributed by atoms with Crippen molar-refractivity contribution < 1.29 is 19.0 Å². The van der Waals surface area contributed by atoms with Crippen LogP contribution in [0.2, 0.25) is 0 Å². The van der Waals surface area contributed by atoms with Crippen LogP contribution in [0.4, 0.5) is 11.4 Å². The van der Waals surface area contributed by atoms with Gasteiger partial charge in [0.25, 0.3) is 5.91 Å². The van der Waals surface area contributed by atoms with Crippen molar-refractivity contribution in [2.24, 2.45) is 0 Å². The standard InChI is InChI=1S/C27H29N5O4/c1-18-8-9-20(15-28-18)16-29-22-6-5-7-23(26(22)19(2)35-4)31-27(33)24-17-30-25-14-21(10-11-32(24)25)36-13-12-34-3/h5-11,14-15,17,29H,2,12-13,16H2,1,3-4H3,(H,31,33). The molecule has 0 radical (unpaired) electrons. The first kappa shape index (κ1) is 24.7. The number of nitrogens with one attached hydrogen (secondary N) is 2. The molecular formula is C27H29N5O4. The zero-order valence-electron chi connectivity index (χ0n) is 20.6. The van der Waals surface area contributed by atoms with Gasteiger partial charge in [-0.05, 0) is 36.8 Å². The van der Waals surface area contributed by atoms with Crippen LogP contribution < -0.4 is 15.4 Å². The number of nitrogens with zero attached hydrogens (tertiary/aromatic N) is 3. The Kier molecular flexibility index (Phi) is 7.82. The highest BCUT2D eigenvalue weighted by molar-refractivity contribution is 6.05. The number of ether oxygens (including phenoxy) is 3. The summed E-state index contributed by atoms with van der Waals surface area (Å²) in [5, 5.41) is 6.38. The average Bonchev–Trinajstić information content (AvgIpc) is 3.31. The Labute approximate surface area is 209 Å². The number of carbonyl (C=O) groups excluding carboxylic acids is 1. The molecule has 4 rings (SSSR count). The summed E-state index contributed by atoms with van der Waals surface area (Å²) in [6.45, 7) is 7.44. The zero-order chi connectivity index (χ0) is 25.5. The highest BCUT2D eigenvalue weighted by atomic mass is 16.5.